The van der Waals surface area contributed by atoms with Gasteiger partial charge in [0, 0.05) is 17.4 Å². The van der Waals surface area contributed by atoms with Crippen LogP contribution in [0.2, 0.25) is 0 Å². The molecule has 0 saturated heterocycles. The van der Waals surface area contributed by atoms with Gasteiger partial charge in [0.25, 0.3) is 0 Å². The van der Waals surface area contributed by atoms with Gasteiger partial charge in [0.15, 0.2) is 0 Å². The number of allylic oxidation sites excluding steroid dienone is 4. The van der Waals surface area contributed by atoms with Crippen LogP contribution in [-0.4, -0.2) is 19.9 Å². The largest absolute Gasteiger partial charge is 0.343 e. The van der Waals surface area contributed by atoms with Gasteiger partial charge in [0.05, 0.1) is 5.70 Å². The third-order valence-electron chi connectivity index (χ3n) is 3.44. The summed E-state index contributed by atoms with van der Waals surface area (Å²) >= 11 is 1.79. The summed E-state index contributed by atoms with van der Waals surface area (Å²) in [6.07, 6.45) is 10.5. The van der Waals surface area contributed by atoms with Gasteiger partial charge in [-0.3, -0.25) is 0 Å². The Kier molecular flexibility index (Phi) is 4.47. The molecule has 0 fully saturated rings. The SMILES string of the molecule is NS(=O)(=O)C1=CC=CN2CC=CC=C12.c1ccc2sccc2c1. The fraction of sp³-hybridized carbons (Fsp3) is 0.0588. The number of nitrogens with two attached hydrogens (primary N) is 1. The summed E-state index contributed by atoms with van der Waals surface area (Å²) < 4.78 is 23.8. The lowest BCUT2D eigenvalue weighted by atomic mass is 10.2. The molecule has 0 amide bonds. The van der Waals surface area contributed by atoms with Gasteiger partial charge in [-0.05, 0) is 41.1 Å². The molecule has 4 rings (SSSR count). The van der Waals surface area contributed by atoms with Crippen LogP contribution in [0.4, 0.5) is 0 Å². The quantitative estimate of drug-likeness (QED) is 0.863. The second-order valence-corrected chi connectivity index (χ2v) is 7.49. The molecule has 0 saturated carbocycles. The molecule has 1 aromatic carbocycles. The Labute approximate surface area is 139 Å². The average Bonchev–Trinajstić information content (AvgIpc) is 3.02. The summed E-state index contributed by atoms with van der Waals surface area (Å²) in [4.78, 5) is 2.00. The number of hydrogen-bond donors (Lipinski definition) is 1. The van der Waals surface area contributed by atoms with E-state index in [-0.39, 0.29) is 4.91 Å². The molecule has 0 unspecified atom stereocenters. The normalized spacial score (nSPS) is 16.3. The number of thiophene rings is 1. The molecular formula is C17H16N2O2S2. The van der Waals surface area contributed by atoms with Crippen molar-refractivity contribution in [1.29, 1.82) is 0 Å². The van der Waals surface area contributed by atoms with Gasteiger partial charge in [-0.1, -0.05) is 30.4 Å². The van der Waals surface area contributed by atoms with E-state index in [1.165, 1.54) is 16.2 Å². The molecule has 2 aliphatic rings. The highest BCUT2D eigenvalue weighted by molar-refractivity contribution is 7.93. The molecule has 4 nitrogen and oxygen atoms in total. The van der Waals surface area contributed by atoms with Crippen molar-refractivity contribution in [2.24, 2.45) is 5.14 Å². The minimum Gasteiger partial charge on any atom is -0.343 e. The Hall–Kier alpha value is -2.15. The van der Waals surface area contributed by atoms with Gasteiger partial charge in [0.1, 0.15) is 4.91 Å². The zero-order valence-electron chi connectivity index (χ0n) is 12.3. The Balaban J connectivity index is 0.000000149. The van der Waals surface area contributed by atoms with Crippen molar-refractivity contribution in [3.05, 3.63) is 82.9 Å². The second kappa shape index (κ2) is 6.54. The summed E-state index contributed by atoms with van der Waals surface area (Å²) in [5.41, 5.74) is 0.637. The fourth-order valence-corrected chi connectivity index (χ4v) is 3.89. The zero-order valence-corrected chi connectivity index (χ0v) is 13.9. The summed E-state index contributed by atoms with van der Waals surface area (Å²) in [5.74, 6) is 0. The zero-order chi connectivity index (χ0) is 16.3. The first-order chi connectivity index (χ1) is 11.1. The Morgan fingerprint density at radius 2 is 1.91 bits per heavy atom. The van der Waals surface area contributed by atoms with Gasteiger partial charge in [-0.2, -0.15) is 0 Å². The van der Waals surface area contributed by atoms with Crippen molar-refractivity contribution in [2.45, 2.75) is 0 Å². The highest BCUT2D eigenvalue weighted by Gasteiger charge is 2.23. The molecule has 3 heterocycles. The molecule has 2 N–H and O–H groups in total. The fourth-order valence-electron chi connectivity index (χ4n) is 2.36. The van der Waals surface area contributed by atoms with Crippen LogP contribution < -0.4 is 5.14 Å². The van der Waals surface area contributed by atoms with Crippen LogP contribution in [-0.2, 0) is 10.0 Å². The highest BCUT2D eigenvalue weighted by Crippen LogP contribution is 2.25. The molecule has 23 heavy (non-hydrogen) atoms. The first kappa shape index (κ1) is 15.7. The minimum absolute atomic E-state index is 0.171. The molecule has 2 aliphatic heterocycles. The highest BCUT2D eigenvalue weighted by atomic mass is 32.2. The van der Waals surface area contributed by atoms with E-state index in [1.807, 2.05) is 23.3 Å². The van der Waals surface area contributed by atoms with Crippen LogP contribution in [0.5, 0.6) is 0 Å². The maximum absolute atomic E-state index is 11.2. The molecule has 1 aromatic heterocycles. The first-order valence-corrected chi connectivity index (χ1v) is 9.46. The van der Waals surface area contributed by atoms with E-state index in [9.17, 15) is 8.42 Å². The van der Waals surface area contributed by atoms with Crippen LogP contribution in [0.3, 0.4) is 0 Å². The topological polar surface area (TPSA) is 63.4 Å². The van der Waals surface area contributed by atoms with Crippen LogP contribution >= 0.6 is 11.3 Å². The van der Waals surface area contributed by atoms with Gasteiger partial charge in [0.2, 0.25) is 10.0 Å². The van der Waals surface area contributed by atoms with E-state index in [1.54, 1.807) is 23.5 Å². The molecule has 0 radical (unpaired) electrons. The summed E-state index contributed by atoms with van der Waals surface area (Å²) in [6, 6.07) is 10.5. The third-order valence-corrected chi connectivity index (χ3v) is 5.29. The summed E-state index contributed by atoms with van der Waals surface area (Å²) in [7, 11) is -3.63. The third kappa shape index (κ3) is 3.61. The molecule has 0 bridgehead atoms. The number of rotatable bonds is 1. The van der Waals surface area contributed by atoms with E-state index in [4.69, 9.17) is 5.14 Å². The predicted molar refractivity (Wildman–Crippen MR) is 96.1 cm³/mol. The Bertz CT molecular complexity index is 904. The Morgan fingerprint density at radius 3 is 2.70 bits per heavy atom. The number of fused-ring (bicyclic) bond motifs is 2. The molecule has 118 valence electrons. The van der Waals surface area contributed by atoms with Crippen molar-refractivity contribution in [3.63, 3.8) is 0 Å². The van der Waals surface area contributed by atoms with Crippen LogP contribution in [0.1, 0.15) is 0 Å². The average molecular weight is 344 g/mol. The summed E-state index contributed by atoms with van der Waals surface area (Å²) in [6.45, 7) is 0.676. The number of nitrogens with zero attached hydrogens (tertiary/aromatic N) is 1. The van der Waals surface area contributed by atoms with Crippen molar-refractivity contribution in [2.75, 3.05) is 6.54 Å². The predicted octanol–water partition coefficient (Wildman–Crippen LogP) is 3.34. The molecule has 0 atom stereocenters. The molecule has 0 aliphatic carbocycles. The lowest BCUT2D eigenvalue weighted by Gasteiger charge is -2.27. The number of sulfonamides is 1. The van der Waals surface area contributed by atoms with E-state index in [0.717, 1.165) is 0 Å². The number of benzene rings is 1. The van der Waals surface area contributed by atoms with Crippen molar-refractivity contribution < 1.29 is 8.42 Å². The molecule has 6 heteroatoms. The van der Waals surface area contributed by atoms with Crippen LogP contribution in [0, 0.1) is 0 Å². The standard InChI is InChI=1S/C9H10N2O2S.C8H6S/c10-14(12,13)9-5-3-7-11-6-2-1-4-8(9)11;1-2-4-8-7(3-1)5-6-9-8/h1-5,7H,6H2,(H2,10,12,13);1-6H. The summed E-state index contributed by atoms with van der Waals surface area (Å²) in [5, 5.41) is 8.56. The van der Waals surface area contributed by atoms with Crippen LogP contribution in [0.15, 0.2) is 82.9 Å². The van der Waals surface area contributed by atoms with Crippen molar-refractivity contribution >= 4 is 31.4 Å². The van der Waals surface area contributed by atoms with Gasteiger partial charge < -0.3 is 4.90 Å². The number of primary sulfonamides is 1. The van der Waals surface area contributed by atoms with Gasteiger partial charge in [-0.15, -0.1) is 11.3 Å². The van der Waals surface area contributed by atoms with Crippen LogP contribution in [0.25, 0.3) is 10.1 Å². The van der Waals surface area contributed by atoms with Gasteiger partial charge in [-0.25, -0.2) is 13.6 Å². The Morgan fingerprint density at radius 1 is 1.09 bits per heavy atom. The number of hydrogen-bond acceptors (Lipinski definition) is 4. The maximum atomic E-state index is 11.2. The molecule has 2 aromatic rings. The molecular weight excluding hydrogens is 328 g/mol. The van der Waals surface area contributed by atoms with Crippen molar-refractivity contribution in [3.8, 4) is 0 Å². The van der Waals surface area contributed by atoms with E-state index in [0.29, 0.717) is 12.2 Å². The minimum atomic E-state index is -3.63. The lowest BCUT2D eigenvalue weighted by Crippen LogP contribution is -2.28. The van der Waals surface area contributed by atoms with Gasteiger partial charge >= 0.3 is 0 Å². The van der Waals surface area contributed by atoms with E-state index in [2.05, 4.69) is 35.7 Å². The smallest absolute Gasteiger partial charge is 0.240 e. The second-order valence-electron chi connectivity index (χ2n) is 5.01. The van der Waals surface area contributed by atoms with Crippen molar-refractivity contribution in [1.82, 2.24) is 4.90 Å². The monoisotopic (exact) mass is 344 g/mol. The molecule has 0 spiro atoms. The first-order valence-electron chi connectivity index (χ1n) is 7.03. The van der Waals surface area contributed by atoms with E-state index >= 15 is 0 Å². The van der Waals surface area contributed by atoms with E-state index < -0.39 is 10.0 Å². The lowest BCUT2D eigenvalue weighted by molar-refractivity contribution is 0.517. The maximum Gasteiger partial charge on any atom is 0.240 e.